The van der Waals surface area contributed by atoms with Gasteiger partial charge in [0, 0.05) is 49.8 Å². The van der Waals surface area contributed by atoms with Crippen molar-refractivity contribution in [2.24, 2.45) is 5.73 Å². The molecule has 0 aliphatic carbocycles. The number of guanidine groups is 1. The van der Waals surface area contributed by atoms with Crippen LogP contribution in [0, 0.1) is 5.41 Å². The molecule has 142 valence electrons. The third-order valence-corrected chi connectivity index (χ3v) is 5.15. The van der Waals surface area contributed by atoms with Crippen molar-refractivity contribution < 1.29 is 0 Å². The van der Waals surface area contributed by atoms with Crippen LogP contribution in [-0.4, -0.2) is 17.5 Å². The minimum absolute atomic E-state index is 0.0391. The first kappa shape index (κ1) is 18.5. The summed E-state index contributed by atoms with van der Waals surface area (Å²) in [6.07, 6.45) is 0.688. The summed E-state index contributed by atoms with van der Waals surface area (Å²) >= 11 is 12.2. The van der Waals surface area contributed by atoms with E-state index >= 15 is 0 Å². The summed E-state index contributed by atoms with van der Waals surface area (Å²) in [5, 5.41) is 17.3. The summed E-state index contributed by atoms with van der Waals surface area (Å²) in [6, 6.07) is 17.6. The number of H-pyrrole nitrogens is 1. The molecule has 3 aromatic carbocycles. The molecule has 0 spiro atoms. The fourth-order valence-corrected chi connectivity index (χ4v) is 3.68. The minimum Gasteiger partial charge on any atom is -0.370 e. The number of rotatable bonds is 5. The molecule has 4 rings (SSSR count). The number of hydrogen-bond acceptors (Lipinski definition) is 2. The highest BCUT2D eigenvalue weighted by Gasteiger charge is 2.13. The largest absolute Gasteiger partial charge is 0.370 e. The summed E-state index contributed by atoms with van der Waals surface area (Å²) in [5.74, 6) is -0.0391. The van der Waals surface area contributed by atoms with E-state index < -0.39 is 0 Å². The molecule has 1 heterocycles. The van der Waals surface area contributed by atoms with Crippen molar-refractivity contribution in [3.63, 3.8) is 0 Å². The third kappa shape index (κ3) is 3.72. The van der Waals surface area contributed by atoms with Gasteiger partial charge in [0.25, 0.3) is 0 Å². The molecule has 0 aliphatic heterocycles. The van der Waals surface area contributed by atoms with Crippen LogP contribution in [-0.2, 0) is 6.42 Å². The van der Waals surface area contributed by atoms with Crippen LogP contribution in [0.25, 0.3) is 21.8 Å². The molecule has 5 nitrogen and oxygen atoms in total. The van der Waals surface area contributed by atoms with Gasteiger partial charge in [-0.05, 0) is 55.0 Å². The van der Waals surface area contributed by atoms with Crippen LogP contribution in [0.15, 0.2) is 54.6 Å². The summed E-state index contributed by atoms with van der Waals surface area (Å²) in [5.41, 5.74) is 10.6. The number of nitrogens with one attached hydrogen (secondary N) is 4. The van der Waals surface area contributed by atoms with Gasteiger partial charge in [-0.2, -0.15) is 0 Å². The fraction of sp³-hybridized carbons (Fsp3) is 0.0952. The highest BCUT2D eigenvalue weighted by Crippen LogP contribution is 2.34. The Morgan fingerprint density at radius 1 is 0.964 bits per heavy atom. The summed E-state index contributed by atoms with van der Waals surface area (Å²) in [6.45, 7) is 0.555. The van der Waals surface area contributed by atoms with Crippen LogP contribution >= 0.6 is 23.2 Å². The van der Waals surface area contributed by atoms with Crippen molar-refractivity contribution in [2.75, 3.05) is 11.9 Å². The zero-order valence-electron chi connectivity index (χ0n) is 14.9. The molecule has 0 amide bonds. The van der Waals surface area contributed by atoms with Crippen molar-refractivity contribution in [3.8, 4) is 0 Å². The summed E-state index contributed by atoms with van der Waals surface area (Å²) in [4.78, 5) is 3.51. The lowest BCUT2D eigenvalue weighted by Crippen LogP contribution is -2.31. The van der Waals surface area contributed by atoms with Gasteiger partial charge in [-0.1, -0.05) is 29.3 Å². The number of aromatic nitrogens is 1. The topological polar surface area (TPSA) is 89.7 Å². The highest BCUT2D eigenvalue weighted by atomic mass is 35.5. The molecule has 0 saturated carbocycles. The Kier molecular flexibility index (Phi) is 5.03. The Bertz CT molecular complexity index is 1170. The molecule has 0 radical (unpaired) electrons. The maximum atomic E-state index is 7.40. The second-order valence-corrected chi connectivity index (χ2v) is 7.42. The van der Waals surface area contributed by atoms with Gasteiger partial charge >= 0.3 is 0 Å². The first-order valence-corrected chi connectivity index (χ1v) is 9.60. The van der Waals surface area contributed by atoms with E-state index in [0.717, 1.165) is 38.7 Å². The van der Waals surface area contributed by atoms with Gasteiger partial charge in [-0.25, -0.2) is 0 Å². The van der Waals surface area contributed by atoms with E-state index in [2.05, 4.69) is 27.8 Å². The molecule has 0 bridgehead atoms. The van der Waals surface area contributed by atoms with Crippen LogP contribution in [0.2, 0.25) is 10.0 Å². The molecule has 4 aromatic rings. The standard InChI is InChI=1S/C21H19Cl2N5/c22-12-1-4-14(5-2-12)27-18-8-6-15-17-11-13(23)3-7-19(17)28-20(15)16(18)9-10-26-21(24)25/h1-8,11,27-28H,9-10H2,(H4,24,25,26). The Balaban J connectivity index is 1.81. The lowest BCUT2D eigenvalue weighted by atomic mass is 10.0. The molecule has 1 aromatic heterocycles. The maximum Gasteiger partial charge on any atom is 0.185 e. The number of nitrogens with two attached hydrogens (primary N) is 1. The lowest BCUT2D eigenvalue weighted by Gasteiger charge is -2.14. The van der Waals surface area contributed by atoms with Crippen LogP contribution in [0.4, 0.5) is 11.4 Å². The molecule has 0 aliphatic rings. The van der Waals surface area contributed by atoms with Gasteiger partial charge in [0.2, 0.25) is 0 Å². The second kappa shape index (κ2) is 7.62. The lowest BCUT2D eigenvalue weighted by molar-refractivity contribution is 0.858. The smallest absolute Gasteiger partial charge is 0.185 e. The van der Waals surface area contributed by atoms with Gasteiger partial charge in [0.1, 0.15) is 0 Å². The van der Waals surface area contributed by atoms with Crippen molar-refractivity contribution in [1.29, 1.82) is 5.41 Å². The molecular weight excluding hydrogens is 393 g/mol. The molecule has 0 atom stereocenters. The highest BCUT2D eigenvalue weighted by molar-refractivity contribution is 6.32. The Morgan fingerprint density at radius 2 is 1.71 bits per heavy atom. The SMILES string of the molecule is N=C(N)NCCc1c(Nc2ccc(Cl)cc2)ccc2c1[nH]c1ccc(Cl)cc12. The predicted octanol–water partition coefficient (Wildman–Crippen LogP) is 5.40. The summed E-state index contributed by atoms with van der Waals surface area (Å²) < 4.78 is 0. The van der Waals surface area contributed by atoms with Crippen LogP contribution < -0.4 is 16.4 Å². The van der Waals surface area contributed by atoms with Crippen LogP contribution in [0.5, 0.6) is 0 Å². The van der Waals surface area contributed by atoms with Gasteiger partial charge in [-0.15, -0.1) is 0 Å². The molecular formula is C21H19Cl2N5. The minimum atomic E-state index is -0.0391. The van der Waals surface area contributed by atoms with Crippen molar-refractivity contribution in [3.05, 3.63) is 70.2 Å². The predicted molar refractivity (Wildman–Crippen MR) is 119 cm³/mol. The molecule has 7 heteroatoms. The van der Waals surface area contributed by atoms with E-state index in [9.17, 15) is 0 Å². The van der Waals surface area contributed by atoms with Crippen LogP contribution in [0.3, 0.4) is 0 Å². The third-order valence-electron chi connectivity index (χ3n) is 4.66. The van der Waals surface area contributed by atoms with E-state index in [-0.39, 0.29) is 5.96 Å². The van der Waals surface area contributed by atoms with Crippen molar-refractivity contribution in [1.82, 2.24) is 10.3 Å². The van der Waals surface area contributed by atoms with Crippen molar-refractivity contribution in [2.45, 2.75) is 6.42 Å². The molecule has 0 unspecified atom stereocenters. The van der Waals surface area contributed by atoms with E-state index in [1.54, 1.807) is 0 Å². The van der Waals surface area contributed by atoms with Gasteiger partial charge < -0.3 is 21.4 Å². The first-order valence-electron chi connectivity index (χ1n) is 8.84. The molecule has 6 N–H and O–H groups in total. The fourth-order valence-electron chi connectivity index (χ4n) is 3.39. The quantitative estimate of drug-likeness (QED) is 0.225. The molecule has 0 fully saturated rings. The first-order chi connectivity index (χ1) is 13.5. The Labute approximate surface area is 172 Å². The van der Waals surface area contributed by atoms with E-state index in [4.69, 9.17) is 34.3 Å². The van der Waals surface area contributed by atoms with Crippen LogP contribution in [0.1, 0.15) is 5.56 Å². The maximum absolute atomic E-state index is 7.40. The number of fused-ring (bicyclic) bond motifs is 3. The van der Waals surface area contributed by atoms with E-state index in [1.807, 2.05) is 42.5 Å². The second-order valence-electron chi connectivity index (χ2n) is 6.55. The average Bonchev–Trinajstić information content (AvgIpc) is 3.03. The number of aromatic amines is 1. The number of hydrogen-bond donors (Lipinski definition) is 5. The van der Waals surface area contributed by atoms with E-state index in [1.165, 1.54) is 0 Å². The number of benzene rings is 3. The Hall–Kier alpha value is -2.89. The molecule has 28 heavy (non-hydrogen) atoms. The molecule has 0 saturated heterocycles. The van der Waals surface area contributed by atoms with Gasteiger partial charge in [0.15, 0.2) is 5.96 Å². The van der Waals surface area contributed by atoms with Gasteiger partial charge in [0.05, 0.1) is 5.52 Å². The van der Waals surface area contributed by atoms with Gasteiger partial charge in [-0.3, -0.25) is 5.41 Å². The summed E-state index contributed by atoms with van der Waals surface area (Å²) in [7, 11) is 0. The van der Waals surface area contributed by atoms with Crippen molar-refractivity contribution >= 4 is 62.3 Å². The Morgan fingerprint density at radius 3 is 2.46 bits per heavy atom. The monoisotopic (exact) mass is 411 g/mol. The normalized spacial score (nSPS) is 11.1. The zero-order chi connectivity index (χ0) is 19.7. The number of anilines is 2. The zero-order valence-corrected chi connectivity index (χ0v) is 16.5. The number of halogens is 2. The van der Waals surface area contributed by atoms with E-state index in [0.29, 0.717) is 23.0 Å². The average molecular weight is 412 g/mol.